The summed E-state index contributed by atoms with van der Waals surface area (Å²) in [5, 5.41) is 8.78. The van der Waals surface area contributed by atoms with Crippen LogP contribution in [-0.4, -0.2) is 47.0 Å². The van der Waals surface area contributed by atoms with Crippen LogP contribution in [0.15, 0.2) is 0 Å². The normalized spacial score (nSPS) is 21.3. The average molecular weight is 215 g/mol. The van der Waals surface area contributed by atoms with Gasteiger partial charge in [0.1, 0.15) is 13.2 Å². The molecule has 0 spiro atoms. The lowest BCUT2D eigenvalue weighted by Gasteiger charge is -2.32. The highest BCUT2D eigenvalue weighted by molar-refractivity contribution is 5.99. The number of amides is 2. The molecule has 0 bridgehead atoms. The summed E-state index contributed by atoms with van der Waals surface area (Å²) in [6, 6.07) is -0.647. The Morgan fingerprint density at radius 1 is 1.33 bits per heavy atom. The number of rotatable bonds is 3. The predicted octanol–water partition coefficient (Wildman–Crippen LogP) is -0.519. The molecule has 0 aromatic carbocycles. The van der Waals surface area contributed by atoms with Crippen molar-refractivity contribution in [1.82, 2.24) is 4.90 Å². The van der Waals surface area contributed by atoms with Crippen LogP contribution in [0.2, 0.25) is 0 Å². The molecule has 0 aliphatic carbocycles. The van der Waals surface area contributed by atoms with Gasteiger partial charge in [-0.25, -0.2) is 0 Å². The van der Waals surface area contributed by atoms with Crippen molar-refractivity contribution in [2.24, 2.45) is 5.92 Å². The molecule has 0 radical (unpaired) electrons. The van der Waals surface area contributed by atoms with E-state index in [1.165, 1.54) is 6.92 Å². The van der Waals surface area contributed by atoms with Gasteiger partial charge < -0.3 is 9.84 Å². The number of carbonyl (C=O) groups excluding carboxylic acids is 2. The molecule has 6 heteroatoms. The number of carboxylic acids is 1. The van der Waals surface area contributed by atoms with Crippen LogP contribution in [0.1, 0.15) is 13.8 Å². The molecular weight excluding hydrogens is 202 g/mol. The van der Waals surface area contributed by atoms with E-state index in [-0.39, 0.29) is 13.2 Å². The van der Waals surface area contributed by atoms with Crippen LogP contribution >= 0.6 is 0 Å². The highest BCUT2D eigenvalue weighted by Crippen LogP contribution is 2.14. The van der Waals surface area contributed by atoms with E-state index in [9.17, 15) is 14.4 Å². The molecule has 2 atom stereocenters. The molecule has 0 aromatic rings. The number of hydrogen-bond acceptors (Lipinski definition) is 4. The number of morpholine rings is 1. The van der Waals surface area contributed by atoms with Crippen molar-refractivity contribution in [3.05, 3.63) is 0 Å². The van der Waals surface area contributed by atoms with E-state index in [4.69, 9.17) is 9.84 Å². The van der Waals surface area contributed by atoms with Crippen LogP contribution in [0, 0.1) is 5.92 Å². The molecule has 0 saturated carbocycles. The molecule has 84 valence electrons. The van der Waals surface area contributed by atoms with Crippen molar-refractivity contribution in [3.8, 4) is 0 Å². The van der Waals surface area contributed by atoms with Gasteiger partial charge in [0.05, 0.1) is 12.0 Å². The third kappa shape index (κ3) is 2.33. The zero-order valence-electron chi connectivity index (χ0n) is 8.60. The van der Waals surface area contributed by atoms with Crippen LogP contribution in [0.5, 0.6) is 0 Å². The molecule has 1 heterocycles. The summed E-state index contributed by atoms with van der Waals surface area (Å²) in [6.07, 6.45) is 0. The molecule has 1 fully saturated rings. The number of aliphatic carboxylic acids is 1. The number of carbonyl (C=O) groups is 3. The fourth-order valence-electron chi connectivity index (χ4n) is 1.39. The molecule has 1 aliphatic heterocycles. The van der Waals surface area contributed by atoms with Crippen molar-refractivity contribution in [2.75, 3.05) is 13.2 Å². The number of ether oxygens (including phenoxy) is 1. The van der Waals surface area contributed by atoms with Crippen LogP contribution in [0.25, 0.3) is 0 Å². The predicted molar refractivity (Wildman–Crippen MR) is 48.9 cm³/mol. The van der Waals surface area contributed by atoms with Gasteiger partial charge in [-0.15, -0.1) is 0 Å². The molecule has 1 aliphatic rings. The highest BCUT2D eigenvalue weighted by atomic mass is 16.5. The summed E-state index contributed by atoms with van der Waals surface area (Å²) >= 11 is 0. The Hall–Kier alpha value is -1.43. The van der Waals surface area contributed by atoms with Gasteiger partial charge in [-0.2, -0.15) is 0 Å². The zero-order valence-corrected chi connectivity index (χ0v) is 8.60. The third-order valence-electron chi connectivity index (χ3n) is 2.51. The van der Waals surface area contributed by atoms with E-state index in [0.717, 1.165) is 4.90 Å². The first-order chi connectivity index (χ1) is 6.95. The largest absolute Gasteiger partial charge is 0.481 e. The van der Waals surface area contributed by atoms with E-state index >= 15 is 0 Å². The van der Waals surface area contributed by atoms with Crippen molar-refractivity contribution >= 4 is 17.8 Å². The standard InChI is InChI=1S/C9H13NO5/c1-5(9(13)14)6(2)10-7(11)3-15-4-8(10)12/h5-6H,3-4H2,1-2H3,(H,13,14). The Kier molecular flexibility index (Phi) is 3.41. The van der Waals surface area contributed by atoms with Gasteiger partial charge in [0, 0.05) is 0 Å². The molecule has 1 N–H and O–H groups in total. The minimum Gasteiger partial charge on any atom is -0.481 e. The van der Waals surface area contributed by atoms with Gasteiger partial charge in [0.15, 0.2) is 0 Å². The fourth-order valence-corrected chi connectivity index (χ4v) is 1.39. The Bertz CT molecular complexity index is 285. The SMILES string of the molecule is CC(C(=O)O)C(C)N1C(=O)COCC1=O. The minimum absolute atomic E-state index is 0.164. The van der Waals surface area contributed by atoms with E-state index < -0.39 is 29.7 Å². The summed E-state index contributed by atoms with van der Waals surface area (Å²) < 4.78 is 4.73. The molecule has 1 saturated heterocycles. The second-order valence-corrected chi connectivity index (χ2v) is 3.52. The summed E-state index contributed by atoms with van der Waals surface area (Å²) in [6.45, 7) is 2.67. The number of imide groups is 1. The summed E-state index contributed by atoms with van der Waals surface area (Å²) in [7, 11) is 0. The van der Waals surface area contributed by atoms with Crippen LogP contribution in [-0.2, 0) is 19.1 Å². The zero-order chi connectivity index (χ0) is 11.6. The smallest absolute Gasteiger partial charge is 0.308 e. The first-order valence-electron chi connectivity index (χ1n) is 4.60. The molecule has 0 aromatic heterocycles. The van der Waals surface area contributed by atoms with Crippen molar-refractivity contribution < 1.29 is 24.2 Å². The number of hydrogen-bond donors (Lipinski definition) is 1. The van der Waals surface area contributed by atoms with E-state index in [0.29, 0.717) is 0 Å². The molecule has 1 rings (SSSR count). The average Bonchev–Trinajstić information content (AvgIpc) is 2.15. The van der Waals surface area contributed by atoms with Gasteiger partial charge in [0.2, 0.25) is 0 Å². The molecule has 6 nitrogen and oxygen atoms in total. The van der Waals surface area contributed by atoms with E-state index in [1.54, 1.807) is 6.92 Å². The Labute approximate surface area is 86.8 Å². The summed E-state index contributed by atoms with van der Waals surface area (Å²) in [5.41, 5.74) is 0. The van der Waals surface area contributed by atoms with Gasteiger partial charge in [0.25, 0.3) is 11.8 Å². The topological polar surface area (TPSA) is 83.9 Å². The fraction of sp³-hybridized carbons (Fsp3) is 0.667. The molecular formula is C9H13NO5. The quantitative estimate of drug-likeness (QED) is 0.640. The molecule has 2 unspecified atom stereocenters. The third-order valence-corrected chi connectivity index (χ3v) is 2.51. The maximum atomic E-state index is 11.4. The van der Waals surface area contributed by atoms with Gasteiger partial charge in [-0.1, -0.05) is 0 Å². The first kappa shape index (κ1) is 11.6. The minimum atomic E-state index is -1.03. The lowest BCUT2D eigenvalue weighted by Crippen LogP contribution is -2.53. The second-order valence-electron chi connectivity index (χ2n) is 3.52. The lowest BCUT2D eigenvalue weighted by molar-refractivity contribution is -0.163. The van der Waals surface area contributed by atoms with Gasteiger partial charge in [-0.05, 0) is 13.8 Å². The van der Waals surface area contributed by atoms with Crippen molar-refractivity contribution in [3.63, 3.8) is 0 Å². The van der Waals surface area contributed by atoms with Crippen molar-refractivity contribution in [1.29, 1.82) is 0 Å². The monoisotopic (exact) mass is 215 g/mol. The van der Waals surface area contributed by atoms with Crippen molar-refractivity contribution in [2.45, 2.75) is 19.9 Å². The van der Waals surface area contributed by atoms with Crippen LogP contribution < -0.4 is 0 Å². The summed E-state index contributed by atoms with van der Waals surface area (Å²) in [5.74, 6) is -2.77. The van der Waals surface area contributed by atoms with Crippen LogP contribution in [0.3, 0.4) is 0 Å². The Morgan fingerprint density at radius 2 is 1.80 bits per heavy atom. The van der Waals surface area contributed by atoms with E-state index in [1.807, 2.05) is 0 Å². The van der Waals surface area contributed by atoms with Crippen LogP contribution in [0.4, 0.5) is 0 Å². The number of nitrogens with zero attached hydrogens (tertiary/aromatic N) is 1. The number of carboxylic acid groups (broad SMARTS) is 1. The second kappa shape index (κ2) is 4.39. The van der Waals surface area contributed by atoms with Gasteiger partial charge >= 0.3 is 5.97 Å². The maximum Gasteiger partial charge on any atom is 0.308 e. The van der Waals surface area contributed by atoms with Gasteiger partial charge in [-0.3, -0.25) is 19.3 Å². The Morgan fingerprint density at radius 3 is 2.20 bits per heavy atom. The highest BCUT2D eigenvalue weighted by Gasteiger charge is 2.35. The molecule has 2 amide bonds. The first-order valence-corrected chi connectivity index (χ1v) is 4.60. The Balaban J connectivity index is 2.80. The summed E-state index contributed by atoms with van der Waals surface area (Å²) in [4.78, 5) is 34.4. The molecule has 15 heavy (non-hydrogen) atoms. The lowest BCUT2D eigenvalue weighted by atomic mass is 10.0. The van der Waals surface area contributed by atoms with E-state index in [2.05, 4.69) is 0 Å². The maximum absolute atomic E-state index is 11.4.